The fourth-order valence-corrected chi connectivity index (χ4v) is 8.30. The summed E-state index contributed by atoms with van der Waals surface area (Å²) in [6, 6.07) is 32.3. The highest BCUT2D eigenvalue weighted by Crippen LogP contribution is 2.33. The van der Waals surface area contributed by atoms with E-state index in [9.17, 15) is 29.8 Å². The number of nitrogens with one attached hydrogen (secondary N) is 1. The Bertz CT molecular complexity index is 2700. The van der Waals surface area contributed by atoms with Gasteiger partial charge in [0, 0.05) is 52.6 Å². The third-order valence-electron chi connectivity index (χ3n) is 8.83. The summed E-state index contributed by atoms with van der Waals surface area (Å²) in [5.74, 6) is -0.477. The number of esters is 1. The van der Waals surface area contributed by atoms with Gasteiger partial charge in [0.1, 0.15) is 33.4 Å². The number of isothiocyanates is 1. The molecule has 0 unspecified atom stereocenters. The van der Waals surface area contributed by atoms with Gasteiger partial charge in [0.15, 0.2) is 0 Å². The number of thiocarbonyl (C=S) groups is 1. The number of non-ortho nitro benzene ring substituents is 2. The molecule has 16 nitrogen and oxygen atoms in total. The van der Waals surface area contributed by atoms with Gasteiger partial charge in [0.25, 0.3) is 17.8 Å². The second-order valence-corrected chi connectivity index (χ2v) is 15.8. The zero-order valence-electron chi connectivity index (χ0n) is 33.7. The monoisotopic (exact) mass is 932 g/mol. The van der Waals surface area contributed by atoms with Crippen LogP contribution in [-0.4, -0.2) is 56.1 Å². The van der Waals surface area contributed by atoms with Crippen molar-refractivity contribution in [2.24, 2.45) is 4.99 Å². The van der Waals surface area contributed by atoms with Gasteiger partial charge in [0.2, 0.25) is 0 Å². The normalized spacial score (nSPS) is 11.1. The standard InChI is InChI=1S/C22H18N4O4S2.C18H13N3O2S2.C4H5NO2/c27-14-30-11-19-22(32-13-23-19)24-18(10-15-6-8-17(9-7-15)26(28)29)20-12-31-21(25-20)16-4-2-1-3-5-16;22-21(23)15-8-6-13(7-9-15)10-16(19-12-24)17-11-25-18(20-17)14-4-2-1-3-5-14;1-5-3-4(6)7-2/h1-9,12-14,18,24H,10-11H2;1-9,11,16H,10H2;3H2,2H3/t18-;16-;/m00./s1. The van der Waals surface area contributed by atoms with E-state index < -0.39 is 15.8 Å². The minimum absolute atomic E-state index is 0.0500. The van der Waals surface area contributed by atoms with Crippen molar-refractivity contribution in [1.29, 1.82) is 0 Å². The first-order chi connectivity index (χ1) is 31.1. The Hall–Kier alpha value is -7.40. The molecular formula is C44H36N8O8S4. The second kappa shape index (κ2) is 24.9. The molecule has 3 heterocycles. The third-order valence-corrected chi connectivity index (χ3v) is 11.6. The summed E-state index contributed by atoms with van der Waals surface area (Å²) >= 11 is 9.29. The molecule has 1 N–H and O–H groups in total. The lowest BCUT2D eigenvalue weighted by Gasteiger charge is -2.18. The molecule has 0 amide bonds. The van der Waals surface area contributed by atoms with Crippen molar-refractivity contribution in [2.45, 2.75) is 31.5 Å². The van der Waals surface area contributed by atoms with E-state index in [4.69, 9.17) is 28.5 Å². The number of aromatic nitrogens is 3. The number of hydrogen-bond acceptors (Lipinski definition) is 17. The Morgan fingerprint density at radius 1 is 0.844 bits per heavy atom. The van der Waals surface area contributed by atoms with Crippen molar-refractivity contribution >= 4 is 80.2 Å². The average molecular weight is 933 g/mol. The van der Waals surface area contributed by atoms with E-state index >= 15 is 0 Å². The fourth-order valence-electron chi connectivity index (χ4n) is 5.68. The molecule has 3 aromatic heterocycles. The molecule has 64 heavy (non-hydrogen) atoms. The van der Waals surface area contributed by atoms with Gasteiger partial charge in [-0.05, 0) is 29.8 Å². The number of thiazole rings is 3. The lowest BCUT2D eigenvalue weighted by Crippen LogP contribution is -2.15. The van der Waals surface area contributed by atoms with Crippen molar-refractivity contribution in [3.63, 3.8) is 0 Å². The van der Waals surface area contributed by atoms with Gasteiger partial charge in [-0.25, -0.2) is 31.3 Å². The summed E-state index contributed by atoms with van der Waals surface area (Å²) in [5, 5.41) is 34.2. The van der Waals surface area contributed by atoms with Crippen molar-refractivity contribution in [3.05, 3.63) is 185 Å². The third kappa shape index (κ3) is 14.3. The van der Waals surface area contributed by atoms with Crippen LogP contribution < -0.4 is 5.32 Å². The maximum Gasteiger partial charge on any atom is 0.386 e. The molecule has 0 aliphatic carbocycles. The van der Waals surface area contributed by atoms with Crippen LogP contribution in [0.1, 0.15) is 40.3 Å². The smallest absolute Gasteiger partial charge is 0.386 e. The maximum absolute atomic E-state index is 11.0. The molecule has 2 atom stereocenters. The van der Waals surface area contributed by atoms with Crippen molar-refractivity contribution in [1.82, 2.24) is 15.0 Å². The first-order valence-electron chi connectivity index (χ1n) is 18.8. The summed E-state index contributed by atoms with van der Waals surface area (Å²) in [7, 11) is 1.26. The van der Waals surface area contributed by atoms with E-state index in [1.54, 1.807) is 52.4 Å². The number of nitro benzene ring substituents is 2. The quantitative estimate of drug-likeness (QED) is 0.0172. The predicted octanol–water partition coefficient (Wildman–Crippen LogP) is 10.4. The van der Waals surface area contributed by atoms with Crippen LogP contribution >= 0.6 is 46.2 Å². The minimum atomic E-state index is -0.477. The lowest BCUT2D eigenvalue weighted by atomic mass is 10.0. The van der Waals surface area contributed by atoms with Gasteiger partial charge in [-0.15, -0.1) is 34.0 Å². The molecule has 7 rings (SSSR count). The number of ether oxygens (including phenoxy) is 2. The molecule has 20 heteroatoms. The van der Waals surface area contributed by atoms with Gasteiger partial charge in [-0.1, -0.05) is 84.9 Å². The predicted molar refractivity (Wildman–Crippen MR) is 249 cm³/mol. The highest BCUT2D eigenvalue weighted by atomic mass is 32.1. The summed E-state index contributed by atoms with van der Waals surface area (Å²) in [4.78, 5) is 62.2. The molecule has 0 saturated heterocycles. The van der Waals surface area contributed by atoms with E-state index in [0.717, 1.165) is 48.7 Å². The average Bonchev–Trinajstić information content (AvgIpc) is 4.12. The number of methoxy groups -OCH3 is 1. The molecule has 0 fully saturated rings. The number of nitro groups is 2. The summed E-state index contributed by atoms with van der Waals surface area (Å²) in [6.45, 7) is 6.46. The Morgan fingerprint density at radius 2 is 1.38 bits per heavy atom. The summed E-state index contributed by atoms with van der Waals surface area (Å²) in [5.41, 5.74) is 8.06. The molecule has 7 aromatic rings. The fraction of sp³-hybridized carbons (Fsp3) is 0.159. The molecule has 0 aliphatic rings. The van der Waals surface area contributed by atoms with Gasteiger partial charge >= 0.3 is 12.5 Å². The van der Waals surface area contributed by atoms with E-state index in [-0.39, 0.29) is 36.6 Å². The summed E-state index contributed by atoms with van der Waals surface area (Å²) < 4.78 is 9.01. The first-order valence-corrected chi connectivity index (χ1v) is 21.9. The van der Waals surface area contributed by atoms with E-state index in [2.05, 4.69) is 35.0 Å². The molecule has 0 spiro atoms. The van der Waals surface area contributed by atoms with Crippen LogP contribution in [-0.2, 0) is 38.5 Å². The van der Waals surface area contributed by atoms with Crippen LogP contribution in [0.5, 0.6) is 0 Å². The Kier molecular flexibility index (Phi) is 18.5. The number of rotatable bonds is 17. The lowest BCUT2D eigenvalue weighted by molar-refractivity contribution is -0.385. The molecule has 0 saturated carbocycles. The zero-order chi connectivity index (χ0) is 45.7. The number of anilines is 1. The van der Waals surface area contributed by atoms with Crippen LogP contribution in [0, 0.1) is 26.8 Å². The van der Waals surface area contributed by atoms with Crippen LogP contribution in [0.2, 0.25) is 0 Å². The van der Waals surface area contributed by atoms with Crippen LogP contribution in [0.25, 0.3) is 26.0 Å². The maximum atomic E-state index is 11.0. The zero-order valence-corrected chi connectivity index (χ0v) is 37.0. The van der Waals surface area contributed by atoms with Crippen molar-refractivity contribution in [3.8, 4) is 21.1 Å². The molecule has 0 bridgehead atoms. The van der Waals surface area contributed by atoms with E-state index in [1.807, 2.05) is 71.4 Å². The van der Waals surface area contributed by atoms with Crippen molar-refractivity contribution < 1.29 is 28.9 Å². The van der Waals surface area contributed by atoms with Crippen molar-refractivity contribution in [2.75, 3.05) is 19.0 Å². The second-order valence-electron chi connectivity index (χ2n) is 13.0. The Morgan fingerprint density at radius 3 is 1.86 bits per heavy atom. The Labute approximate surface area is 384 Å². The highest BCUT2D eigenvalue weighted by Gasteiger charge is 2.21. The van der Waals surface area contributed by atoms with Gasteiger partial charge in [-0.2, -0.15) is 0 Å². The summed E-state index contributed by atoms with van der Waals surface area (Å²) in [6.07, 6.45) is 1.11. The first kappa shape index (κ1) is 47.6. The van der Waals surface area contributed by atoms with Crippen LogP contribution in [0.3, 0.4) is 0 Å². The Balaban J connectivity index is 0.000000214. The van der Waals surface area contributed by atoms with Gasteiger partial charge in [0.05, 0.1) is 45.1 Å². The SMILES string of the molecule is O=COCc1ncsc1N[C@@H](Cc1ccc([N+](=O)[O-])cc1)c1csc(-c2ccccc2)n1.O=[N+]([O-])c1ccc(C[C@H](N=C=S)c2csc(-c3ccccc3)n2)cc1.[C-]#[N+]CC(=O)OC. The molecule has 4 aromatic carbocycles. The number of carbonyl (C=O) groups is 2. The van der Waals surface area contributed by atoms with E-state index in [0.29, 0.717) is 25.0 Å². The molecular weight excluding hydrogens is 897 g/mol. The van der Waals surface area contributed by atoms with E-state index in [1.165, 1.54) is 42.7 Å². The minimum Gasteiger partial charge on any atom is -0.464 e. The number of carbonyl (C=O) groups excluding carboxylic acids is 2. The van der Waals surface area contributed by atoms with Crippen LogP contribution in [0.15, 0.2) is 130 Å². The molecule has 0 radical (unpaired) electrons. The topological polar surface area (TPSA) is 206 Å². The largest absolute Gasteiger partial charge is 0.464 e. The number of aliphatic imine (C=N–C) groups is 1. The molecule has 324 valence electrons. The highest BCUT2D eigenvalue weighted by molar-refractivity contribution is 7.78. The van der Waals surface area contributed by atoms with Gasteiger partial charge < -0.3 is 19.6 Å². The number of hydrogen-bond donors (Lipinski definition) is 1. The van der Waals surface area contributed by atoms with Gasteiger partial charge in [-0.3, -0.25) is 25.0 Å². The number of nitrogens with zero attached hydrogens (tertiary/aromatic N) is 7. The molecule has 0 aliphatic heterocycles. The van der Waals surface area contributed by atoms with Crippen LogP contribution in [0.4, 0.5) is 16.4 Å². The number of benzene rings is 4.